The van der Waals surface area contributed by atoms with Gasteiger partial charge in [-0.15, -0.1) is 0 Å². The summed E-state index contributed by atoms with van der Waals surface area (Å²) in [4.78, 5) is 39.7. The minimum atomic E-state index is -0.511. The fourth-order valence-electron chi connectivity index (χ4n) is 3.22. The highest BCUT2D eigenvalue weighted by Gasteiger charge is 2.10. The predicted octanol–water partition coefficient (Wildman–Crippen LogP) is 4.88. The number of hydrogen-bond donors (Lipinski definition) is 0. The molecule has 0 fully saturated rings. The fourth-order valence-corrected chi connectivity index (χ4v) is 3.22. The first-order valence-electron chi connectivity index (χ1n) is 10.1. The van der Waals surface area contributed by atoms with Crippen LogP contribution in [-0.2, 0) is 12.8 Å². The van der Waals surface area contributed by atoms with Gasteiger partial charge in [0, 0.05) is 48.0 Å². The first-order chi connectivity index (χ1) is 16.1. The molecule has 0 N–H and O–H groups in total. The van der Waals surface area contributed by atoms with E-state index in [1.807, 2.05) is 48.5 Å². The highest BCUT2D eigenvalue weighted by Crippen LogP contribution is 2.19. The molecule has 164 valence electrons. The van der Waals surface area contributed by atoms with E-state index < -0.39 is 4.92 Å². The number of aldehydes is 2. The average Bonchev–Trinajstić information content (AvgIpc) is 2.86. The van der Waals surface area contributed by atoms with Crippen molar-refractivity contribution in [2.24, 2.45) is 0 Å². The number of nitro benzene ring substituents is 1. The molecular weight excluding hydrogens is 418 g/mol. The summed E-state index contributed by atoms with van der Waals surface area (Å²) in [6, 6.07) is 19.6. The van der Waals surface area contributed by atoms with Crippen molar-refractivity contribution in [3.05, 3.63) is 135 Å². The van der Waals surface area contributed by atoms with Crippen molar-refractivity contribution in [3.8, 4) is 0 Å². The molecule has 0 aliphatic heterocycles. The SMILES string of the molecule is O=Cc1cc([N+](=O)[O-])ccc1Cc1ccncc1.O=Cc1ccccc1Cc1ccncc1. The molecule has 2 aromatic carbocycles. The third-order valence-electron chi connectivity index (χ3n) is 4.94. The van der Waals surface area contributed by atoms with Crippen molar-refractivity contribution in [3.63, 3.8) is 0 Å². The number of hydrogen-bond acceptors (Lipinski definition) is 6. The lowest BCUT2D eigenvalue weighted by Crippen LogP contribution is -1.97. The second-order valence-electron chi connectivity index (χ2n) is 7.14. The van der Waals surface area contributed by atoms with Crippen LogP contribution in [0.2, 0.25) is 0 Å². The van der Waals surface area contributed by atoms with Crippen LogP contribution in [0.15, 0.2) is 91.5 Å². The van der Waals surface area contributed by atoms with E-state index in [1.54, 1.807) is 30.9 Å². The molecule has 0 spiro atoms. The highest BCUT2D eigenvalue weighted by atomic mass is 16.6. The van der Waals surface area contributed by atoms with E-state index in [0.29, 0.717) is 18.3 Å². The zero-order chi connectivity index (χ0) is 23.5. The van der Waals surface area contributed by atoms with E-state index in [1.165, 1.54) is 17.7 Å². The van der Waals surface area contributed by atoms with Crippen LogP contribution in [0.3, 0.4) is 0 Å². The summed E-state index contributed by atoms with van der Waals surface area (Å²) >= 11 is 0. The number of benzene rings is 2. The summed E-state index contributed by atoms with van der Waals surface area (Å²) in [6.07, 6.45) is 9.73. The molecule has 0 amide bonds. The standard InChI is InChI=1S/C13H10N2O3.C13H11NO/c16-9-12-8-13(15(17)18)2-1-11(12)7-10-3-5-14-6-4-10;15-10-13-4-2-1-3-12(13)9-11-5-7-14-8-6-11/h1-6,8-9H,7H2;1-8,10H,9H2. The summed E-state index contributed by atoms with van der Waals surface area (Å²) in [5.41, 5.74) is 5.02. The van der Waals surface area contributed by atoms with Crippen molar-refractivity contribution in [2.75, 3.05) is 0 Å². The lowest BCUT2D eigenvalue weighted by atomic mass is 10.0. The largest absolute Gasteiger partial charge is 0.298 e. The smallest absolute Gasteiger partial charge is 0.270 e. The van der Waals surface area contributed by atoms with Gasteiger partial charge in [-0.2, -0.15) is 0 Å². The van der Waals surface area contributed by atoms with Crippen LogP contribution >= 0.6 is 0 Å². The van der Waals surface area contributed by atoms with Gasteiger partial charge in [-0.05, 0) is 59.4 Å². The molecule has 0 radical (unpaired) electrons. The van der Waals surface area contributed by atoms with Crippen LogP contribution in [-0.4, -0.2) is 27.5 Å². The van der Waals surface area contributed by atoms with Crippen molar-refractivity contribution < 1.29 is 14.5 Å². The van der Waals surface area contributed by atoms with Crippen LogP contribution < -0.4 is 0 Å². The second kappa shape index (κ2) is 11.8. The number of carbonyl (C=O) groups is 2. The van der Waals surface area contributed by atoms with Gasteiger partial charge in [0.05, 0.1) is 4.92 Å². The minimum absolute atomic E-state index is 0.0735. The Morgan fingerprint density at radius 3 is 1.73 bits per heavy atom. The van der Waals surface area contributed by atoms with E-state index in [-0.39, 0.29) is 5.69 Å². The van der Waals surface area contributed by atoms with Crippen LogP contribution in [0.5, 0.6) is 0 Å². The van der Waals surface area contributed by atoms with Gasteiger partial charge >= 0.3 is 0 Å². The van der Waals surface area contributed by atoms with Gasteiger partial charge in [-0.3, -0.25) is 29.7 Å². The normalized spacial score (nSPS) is 9.94. The van der Waals surface area contributed by atoms with Crippen molar-refractivity contribution in [1.82, 2.24) is 9.97 Å². The Balaban J connectivity index is 0.000000189. The van der Waals surface area contributed by atoms with Gasteiger partial charge in [0.15, 0.2) is 6.29 Å². The maximum Gasteiger partial charge on any atom is 0.270 e. The molecule has 0 unspecified atom stereocenters. The number of aromatic nitrogens is 2. The second-order valence-corrected chi connectivity index (χ2v) is 7.14. The first-order valence-corrected chi connectivity index (χ1v) is 10.1. The Labute approximate surface area is 190 Å². The molecule has 4 aromatic rings. The molecule has 0 saturated carbocycles. The lowest BCUT2D eigenvalue weighted by Gasteiger charge is -2.04. The van der Waals surface area contributed by atoms with Gasteiger partial charge in [0.25, 0.3) is 5.69 Å². The minimum Gasteiger partial charge on any atom is -0.298 e. The van der Waals surface area contributed by atoms with Crippen molar-refractivity contribution >= 4 is 18.3 Å². The maximum atomic E-state index is 11.0. The van der Waals surface area contributed by atoms with Gasteiger partial charge < -0.3 is 0 Å². The molecular formula is C26H21N3O4. The monoisotopic (exact) mass is 439 g/mol. The predicted molar refractivity (Wildman–Crippen MR) is 124 cm³/mol. The van der Waals surface area contributed by atoms with E-state index >= 15 is 0 Å². The maximum absolute atomic E-state index is 11.0. The summed E-state index contributed by atoms with van der Waals surface area (Å²) in [7, 11) is 0. The average molecular weight is 439 g/mol. The Hall–Kier alpha value is -4.52. The molecule has 7 heteroatoms. The molecule has 2 aromatic heterocycles. The third kappa shape index (κ3) is 6.73. The molecule has 0 atom stereocenters. The van der Waals surface area contributed by atoms with Crippen LogP contribution in [0.25, 0.3) is 0 Å². The van der Waals surface area contributed by atoms with Gasteiger partial charge in [-0.1, -0.05) is 30.3 Å². The summed E-state index contributed by atoms with van der Waals surface area (Å²) < 4.78 is 0. The zero-order valence-corrected chi connectivity index (χ0v) is 17.7. The molecule has 0 aliphatic carbocycles. The van der Waals surface area contributed by atoms with Crippen molar-refractivity contribution in [1.29, 1.82) is 0 Å². The molecule has 33 heavy (non-hydrogen) atoms. The number of nitro groups is 1. The molecule has 7 nitrogen and oxygen atoms in total. The Morgan fingerprint density at radius 2 is 1.21 bits per heavy atom. The lowest BCUT2D eigenvalue weighted by molar-refractivity contribution is -0.384. The Kier molecular flexibility index (Phi) is 8.25. The summed E-state index contributed by atoms with van der Waals surface area (Å²) in [5.74, 6) is 0. The highest BCUT2D eigenvalue weighted by molar-refractivity contribution is 5.79. The van der Waals surface area contributed by atoms with Gasteiger partial charge in [0.2, 0.25) is 0 Å². The third-order valence-corrected chi connectivity index (χ3v) is 4.94. The van der Waals surface area contributed by atoms with E-state index in [4.69, 9.17) is 0 Å². The Morgan fingerprint density at radius 1 is 0.697 bits per heavy atom. The number of nitrogens with zero attached hydrogens (tertiary/aromatic N) is 3. The number of pyridine rings is 2. The van der Waals surface area contributed by atoms with Crippen LogP contribution in [0.1, 0.15) is 43.0 Å². The number of non-ortho nitro benzene ring substituents is 1. The number of rotatable bonds is 7. The van der Waals surface area contributed by atoms with Gasteiger partial charge in [0.1, 0.15) is 6.29 Å². The number of carbonyl (C=O) groups excluding carboxylic acids is 2. The summed E-state index contributed by atoms with van der Waals surface area (Å²) in [6.45, 7) is 0. The summed E-state index contributed by atoms with van der Waals surface area (Å²) in [5, 5.41) is 10.6. The quantitative estimate of drug-likeness (QED) is 0.231. The Bertz CT molecular complexity index is 1230. The van der Waals surface area contributed by atoms with E-state index in [9.17, 15) is 19.7 Å². The first kappa shape index (κ1) is 23.1. The molecule has 0 saturated heterocycles. The van der Waals surface area contributed by atoms with E-state index in [0.717, 1.165) is 35.0 Å². The zero-order valence-electron chi connectivity index (χ0n) is 17.7. The van der Waals surface area contributed by atoms with Crippen LogP contribution in [0.4, 0.5) is 5.69 Å². The molecule has 0 bridgehead atoms. The fraction of sp³-hybridized carbons (Fsp3) is 0.0769. The molecule has 4 rings (SSSR count). The molecule has 0 aliphatic rings. The van der Waals surface area contributed by atoms with Crippen LogP contribution in [0, 0.1) is 10.1 Å². The van der Waals surface area contributed by atoms with Gasteiger partial charge in [-0.25, -0.2) is 0 Å². The van der Waals surface area contributed by atoms with Crippen molar-refractivity contribution in [2.45, 2.75) is 12.8 Å². The van der Waals surface area contributed by atoms with E-state index in [2.05, 4.69) is 9.97 Å². The molecule has 2 heterocycles. The topological polar surface area (TPSA) is 103 Å².